The van der Waals surface area contributed by atoms with Crippen molar-refractivity contribution in [1.82, 2.24) is 19.3 Å². The third kappa shape index (κ3) is 5.00. The standard InChI is InChI=1S/C21H14Cl3F3N4O3/c22-12-6-4-11(5-7-12)18-29-31(20(33)30(18)10-16(32)21(25,26)27)9-13-8-28-19(34-13)14-2-1-3-15(23)17(14)24/h1-8,16,32H,9-10H2. The molecule has 1 N–H and O–H groups in total. The van der Waals surface area contributed by atoms with E-state index < -0.39 is 24.5 Å². The zero-order valence-corrected chi connectivity index (χ0v) is 19.2. The van der Waals surface area contributed by atoms with Crippen LogP contribution in [0.1, 0.15) is 5.76 Å². The summed E-state index contributed by atoms with van der Waals surface area (Å²) in [5.74, 6) is 0.250. The average Bonchev–Trinajstić information content (AvgIpc) is 3.36. The van der Waals surface area contributed by atoms with Crippen molar-refractivity contribution in [2.75, 3.05) is 0 Å². The summed E-state index contributed by atoms with van der Waals surface area (Å²) in [4.78, 5) is 17.1. The molecule has 178 valence electrons. The zero-order valence-electron chi connectivity index (χ0n) is 16.9. The third-order valence-corrected chi connectivity index (χ3v) is 5.87. The number of nitrogens with zero attached hydrogens (tertiary/aromatic N) is 4. The Morgan fingerprint density at radius 1 is 1.09 bits per heavy atom. The highest BCUT2D eigenvalue weighted by Gasteiger charge is 2.39. The molecule has 4 aromatic rings. The Hall–Kier alpha value is -2.79. The monoisotopic (exact) mass is 532 g/mol. The number of aliphatic hydroxyl groups excluding tert-OH is 1. The Labute approximate surface area is 204 Å². The van der Waals surface area contributed by atoms with Crippen LogP contribution >= 0.6 is 34.8 Å². The van der Waals surface area contributed by atoms with Crippen LogP contribution in [-0.4, -0.2) is 36.7 Å². The summed E-state index contributed by atoms with van der Waals surface area (Å²) in [6.45, 7) is -1.28. The van der Waals surface area contributed by atoms with E-state index in [1.165, 1.54) is 30.5 Å². The molecule has 0 aliphatic heterocycles. The Bertz CT molecular complexity index is 1380. The number of rotatable bonds is 6. The van der Waals surface area contributed by atoms with Crippen LogP contribution in [0.5, 0.6) is 0 Å². The average molecular weight is 534 g/mol. The van der Waals surface area contributed by atoms with Gasteiger partial charge < -0.3 is 9.52 Å². The molecule has 0 fully saturated rings. The number of halogens is 6. The first-order valence-electron chi connectivity index (χ1n) is 9.62. The van der Waals surface area contributed by atoms with Crippen molar-refractivity contribution in [1.29, 1.82) is 0 Å². The lowest BCUT2D eigenvalue weighted by Crippen LogP contribution is -2.37. The van der Waals surface area contributed by atoms with Gasteiger partial charge in [-0.2, -0.15) is 13.2 Å². The fraction of sp³-hybridized carbons (Fsp3) is 0.190. The fourth-order valence-corrected chi connectivity index (χ4v) is 3.63. The van der Waals surface area contributed by atoms with Crippen LogP contribution in [0.25, 0.3) is 22.8 Å². The number of alkyl halides is 3. The van der Waals surface area contributed by atoms with Crippen LogP contribution in [0.15, 0.2) is 57.9 Å². The van der Waals surface area contributed by atoms with Crippen molar-refractivity contribution in [2.24, 2.45) is 0 Å². The third-order valence-electron chi connectivity index (χ3n) is 4.80. The van der Waals surface area contributed by atoms with E-state index in [-0.39, 0.29) is 29.0 Å². The van der Waals surface area contributed by atoms with Gasteiger partial charge in [-0.15, -0.1) is 5.10 Å². The van der Waals surface area contributed by atoms with Gasteiger partial charge in [0.15, 0.2) is 11.9 Å². The molecule has 0 radical (unpaired) electrons. The van der Waals surface area contributed by atoms with Gasteiger partial charge in [-0.1, -0.05) is 40.9 Å². The van der Waals surface area contributed by atoms with Crippen molar-refractivity contribution in [2.45, 2.75) is 25.4 Å². The molecule has 0 saturated heterocycles. The van der Waals surface area contributed by atoms with Crippen molar-refractivity contribution in [3.8, 4) is 22.8 Å². The van der Waals surface area contributed by atoms with Crippen molar-refractivity contribution in [3.05, 3.63) is 80.0 Å². The van der Waals surface area contributed by atoms with Crippen molar-refractivity contribution in [3.63, 3.8) is 0 Å². The molecule has 7 nitrogen and oxygen atoms in total. The SMILES string of the molecule is O=c1n(Cc2cnc(-c3cccc(Cl)c3Cl)o2)nc(-c2ccc(Cl)cc2)n1CC(O)C(F)(F)F. The van der Waals surface area contributed by atoms with E-state index in [1.807, 2.05) is 0 Å². The number of aromatic nitrogens is 4. The molecule has 2 heterocycles. The van der Waals surface area contributed by atoms with E-state index in [0.717, 1.165) is 9.25 Å². The van der Waals surface area contributed by atoms with Crippen LogP contribution in [0, 0.1) is 0 Å². The number of oxazole rings is 1. The number of benzene rings is 2. The van der Waals surface area contributed by atoms with Gasteiger partial charge in [0.05, 0.1) is 28.4 Å². The Kier molecular flexibility index (Phi) is 6.77. The highest BCUT2D eigenvalue weighted by molar-refractivity contribution is 6.43. The molecule has 1 unspecified atom stereocenters. The second kappa shape index (κ2) is 9.46. The number of aliphatic hydroxyl groups is 1. The van der Waals surface area contributed by atoms with Gasteiger partial charge in [0.1, 0.15) is 12.3 Å². The topological polar surface area (TPSA) is 86.1 Å². The summed E-state index contributed by atoms with van der Waals surface area (Å²) < 4.78 is 46.3. The maximum Gasteiger partial charge on any atom is 0.416 e. The lowest BCUT2D eigenvalue weighted by Gasteiger charge is -2.15. The van der Waals surface area contributed by atoms with Gasteiger partial charge in [0.2, 0.25) is 5.89 Å². The predicted molar refractivity (Wildman–Crippen MR) is 120 cm³/mol. The van der Waals surface area contributed by atoms with E-state index in [2.05, 4.69) is 10.1 Å². The fourth-order valence-electron chi connectivity index (χ4n) is 3.12. The lowest BCUT2D eigenvalue weighted by atomic mass is 10.2. The van der Waals surface area contributed by atoms with Gasteiger partial charge in [-0.3, -0.25) is 4.57 Å². The van der Waals surface area contributed by atoms with E-state index in [0.29, 0.717) is 21.2 Å². The van der Waals surface area contributed by atoms with Gasteiger partial charge in [0, 0.05) is 10.6 Å². The molecule has 0 aliphatic rings. The van der Waals surface area contributed by atoms with Gasteiger partial charge in [-0.25, -0.2) is 14.5 Å². The minimum atomic E-state index is -4.92. The molecule has 4 rings (SSSR count). The summed E-state index contributed by atoms with van der Waals surface area (Å²) in [5, 5.41) is 14.6. The molecule has 1 atom stereocenters. The van der Waals surface area contributed by atoms with E-state index in [4.69, 9.17) is 39.2 Å². The molecular weight excluding hydrogens is 520 g/mol. The molecule has 2 aromatic carbocycles. The molecule has 0 saturated carbocycles. The van der Waals surface area contributed by atoms with E-state index >= 15 is 0 Å². The van der Waals surface area contributed by atoms with Crippen molar-refractivity contribution < 1.29 is 22.7 Å². The first kappa shape index (κ1) is 24.3. The van der Waals surface area contributed by atoms with Crippen LogP contribution in [0.3, 0.4) is 0 Å². The lowest BCUT2D eigenvalue weighted by molar-refractivity contribution is -0.207. The summed E-state index contributed by atoms with van der Waals surface area (Å²) in [5.41, 5.74) is -0.126. The smallest absolute Gasteiger partial charge is 0.416 e. The highest BCUT2D eigenvalue weighted by Crippen LogP contribution is 2.33. The zero-order chi connectivity index (χ0) is 24.6. The molecule has 0 amide bonds. The Morgan fingerprint density at radius 3 is 2.47 bits per heavy atom. The molecule has 0 spiro atoms. The van der Waals surface area contributed by atoms with Gasteiger partial charge >= 0.3 is 11.9 Å². The van der Waals surface area contributed by atoms with Crippen LogP contribution in [-0.2, 0) is 13.1 Å². The molecule has 0 bridgehead atoms. The highest BCUT2D eigenvalue weighted by atomic mass is 35.5. The number of hydrogen-bond donors (Lipinski definition) is 1. The second-order valence-corrected chi connectivity index (χ2v) is 8.39. The first-order chi connectivity index (χ1) is 16.0. The quantitative estimate of drug-likeness (QED) is 0.364. The molecule has 13 heteroatoms. The van der Waals surface area contributed by atoms with E-state index in [9.17, 15) is 23.1 Å². The molecule has 34 heavy (non-hydrogen) atoms. The summed E-state index contributed by atoms with van der Waals surface area (Å²) in [6, 6.07) is 10.9. The van der Waals surface area contributed by atoms with Crippen LogP contribution < -0.4 is 5.69 Å². The van der Waals surface area contributed by atoms with Crippen LogP contribution in [0.2, 0.25) is 15.1 Å². The molecular formula is C21H14Cl3F3N4O3. The number of hydrogen-bond acceptors (Lipinski definition) is 5. The summed E-state index contributed by atoms with van der Waals surface area (Å²) >= 11 is 18.1. The Balaban J connectivity index is 1.71. The molecule has 0 aliphatic carbocycles. The molecule has 2 aromatic heterocycles. The van der Waals surface area contributed by atoms with Crippen LogP contribution in [0.4, 0.5) is 13.2 Å². The normalized spacial score (nSPS) is 12.8. The second-order valence-electron chi connectivity index (χ2n) is 7.17. The summed E-state index contributed by atoms with van der Waals surface area (Å²) in [7, 11) is 0. The summed E-state index contributed by atoms with van der Waals surface area (Å²) in [6.07, 6.45) is -6.35. The maximum atomic E-state index is 13.0. The minimum Gasteiger partial charge on any atom is -0.439 e. The first-order valence-corrected chi connectivity index (χ1v) is 10.8. The predicted octanol–water partition coefficient (Wildman–Crippen LogP) is 5.30. The van der Waals surface area contributed by atoms with Gasteiger partial charge in [0.25, 0.3) is 0 Å². The largest absolute Gasteiger partial charge is 0.439 e. The van der Waals surface area contributed by atoms with E-state index in [1.54, 1.807) is 18.2 Å². The Morgan fingerprint density at radius 2 is 1.79 bits per heavy atom. The van der Waals surface area contributed by atoms with Gasteiger partial charge in [-0.05, 0) is 36.4 Å². The minimum absolute atomic E-state index is 0.0809. The maximum absolute atomic E-state index is 13.0. The van der Waals surface area contributed by atoms with Crippen molar-refractivity contribution >= 4 is 34.8 Å².